The molecule has 0 unspecified atom stereocenters. The monoisotopic (exact) mass is 348 g/mol. The highest BCUT2D eigenvalue weighted by Gasteiger charge is 2.05. The van der Waals surface area contributed by atoms with Gasteiger partial charge in [0.25, 0.3) is 0 Å². The van der Waals surface area contributed by atoms with Crippen LogP contribution in [0.25, 0.3) is 0 Å². The van der Waals surface area contributed by atoms with Gasteiger partial charge in [0, 0.05) is 17.4 Å². The van der Waals surface area contributed by atoms with E-state index in [1.54, 1.807) is 24.3 Å². The van der Waals surface area contributed by atoms with E-state index in [-0.39, 0.29) is 5.56 Å². The van der Waals surface area contributed by atoms with E-state index in [1.165, 1.54) is 5.56 Å². The van der Waals surface area contributed by atoms with E-state index in [0.717, 1.165) is 17.8 Å². The molecule has 6 nitrogen and oxygen atoms in total. The Morgan fingerprint density at radius 2 is 1.42 bits per heavy atom. The van der Waals surface area contributed by atoms with Gasteiger partial charge in [-0.1, -0.05) is 19.1 Å². The number of hydrogen-bond donors (Lipinski definition) is 3. The Morgan fingerprint density at radius 1 is 0.923 bits per heavy atom. The fraction of sp³-hybridized carbons (Fsp3) is 0.150. The molecule has 132 valence electrons. The summed E-state index contributed by atoms with van der Waals surface area (Å²) in [6.07, 6.45) is 1.00. The van der Waals surface area contributed by atoms with Gasteiger partial charge < -0.3 is 15.7 Å². The number of benzene rings is 2. The van der Waals surface area contributed by atoms with Crippen LogP contribution in [-0.4, -0.2) is 21.0 Å². The van der Waals surface area contributed by atoms with Crippen LogP contribution in [0.5, 0.6) is 0 Å². The molecular formula is C20H20N4O2. The maximum atomic E-state index is 10.9. The molecule has 0 bridgehead atoms. The molecule has 0 saturated heterocycles. The molecule has 0 aliphatic heterocycles. The van der Waals surface area contributed by atoms with Crippen molar-refractivity contribution in [2.75, 3.05) is 10.6 Å². The number of carboxylic acids is 1. The van der Waals surface area contributed by atoms with Gasteiger partial charge in [0.1, 0.15) is 17.5 Å². The van der Waals surface area contributed by atoms with Crippen molar-refractivity contribution in [2.24, 2.45) is 0 Å². The normalized spacial score (nSPS) is 10.4. The zero-order valence-corrected chi connectivity index (χ0v) is 14.7. The van der Waals surface area contributed by atoms with Crippen LogP contribution in [0.15, 0.2) is 54.6 Å². The summed E-state index contributed by atoms with van der Waals surface area (Å²) in [5, 5.41) is 15.4. The molecule has 3 aromatic rings. The van der Waals surface area contributed by atoms with E-state index in [0.29, 0.717) is 17.5 Å². The summed E-state index contributed by atoms with van der Waals surface area (Å²) in [5.41, 5.74) is 3.23. The Balaban J connectivity index is 1.77. The zero-order valence-electron chi connectivity index (χ0n) is 14.7. The highest BCUT2D eigenvalue weighted by Crippen LogP contribution is 2.21. The van der Waals surface area contributed by atoms with Gasteiger partial charge in [0.05, 0.1) is 5.56 Å². The van der Waals surface area contributed by atoms with Crippen LogP contribution in [-0.2, 0) is 6.42 Å². The predicted octanol–water partition coefficient (Wildman–Crippen LogP) is 4.53. The van der Waals surface area contributed by atoms with Crippen LogP contribution in [0.2, 0.25) is 0 Å². The molecule has 0 radical (unpaired) electrons. The number of hydrogen-bond acceptors (Lipinski definition) is 5. The van der Waals surface area contributed by atoms with Crippen LogP contribution < -0.4 is 10.6 Å². The zero-order chi connectivity index (χ0) is 18.5. The lowest BCUT2D eigenvalue weighted by Gasteiger charge is -2.11. The second kappa shape index (κ2) is 7.65. The Labute approximate surface area is 152 Å². The molecule has 2 aromatic carbocycles. The van der Waals surface area contributed by atoms with E-state index in [2.05, 4.69) is 39.7 Å². The first-order valence-electron chi connectivity index (χ1n) is 8.35. The predicted molar refractivity (Wildman–Crippen MR) is 103 cm³/mol. The Morgan fingerprint density at radius 3 is 1.88 bits per heavy atom. The molecular weight excluding hydrogens is 328 g/mol. The third-order valence-electron chi connectivity index (χ3n) is 3.88. The van der Waals surface area contributed by atoms with E-state index in [9.17, 15) is 4.79 Å². The summed E-state index contributed by atoms with van der Waals surface area (Å²) in [6, 6.07) is 16.5. The number of anilines is 4. The highest BCUT2D eigenvalue weighted by molar-refractivity contribution is 5.88. The first-order chi connectivity index (χ1) is 12.5. The smallest absolute Gasteiger partial charge is 0.335 e. The Kier molecular flexibility index (Phi) is 5.12. The van der Waals surface area contributed by atoms with Gasteiger partial charge in [-0.05, 0) is 55.3 Å². The molecule has 0 spiro atoms. The second-order valence-electron chi connectivity index (χ2n) is 5.87. The third-order valence-corrected chi connectivity index (χ3v) is 3.88. The number of nitrogens with zero attached hydrogens (tertiary/aromatic N) is 2. The van der Waals surface area contributed by atoms with E-state index < -0.39 is 5.97 Å². The molecule has 26 heavy (non-hydrogen) atoms. The highest BCUT2D eigenvalue weighted by atomic mass is 16.4. The molecule has 0 aliphatic carbocycles. The molecule has 0 atom stereocenters. The Hall–Kier alpha value is -3.41. The standard InChI is InChI=1S/C20H20N4O2/c1-3-14-4-8-16(9-5-14)23-18-12-19(22-13(2)21-18)24-17-10-6-15(7-11-17)20(25)26/h4-12H,3H2,1-2H3,(H,25,26)(H2,21,22,23,24). The van der Waals surface area contributed by atoms with Crippen molar-refractivity contribution in [3.63, 3.8) is 0 Å². The number of nitrogens with one attached hydrogen (secondary N) is 2. The van der Waals surface area contributed by atoms with Crippen LogP contribution in [0, 0.1) is 6.92 Å². The molecule has 0 saturated carbocycles. The number of aromatic carboxylic acids is 1. The minimum absolute atomic E-state index is 0.243. The SMILES string of the molecule is CCc1ccc(Nc2cc(Nc3ccc(C(=O)O)cc3)nc(C)n2)cc1. The van der Waals surface area contributed by atoms with Crippen molar-refractivity contribution in [2.45, 2.75) is 20.3 Å². The van der Waals surface area contributed by atoms with Gasteiger partial charge in [0.15, 0.2) is 0 Å². The molecule has 1 heterocycles. The topological polar surface area (TPSA) is 87.1 Å². The largest absolute Gasteiger partial charge is 0.478 e. The van der Waals surface area contributed by atoms with Crippen molar-refractivity contribution >= 4 is 29.0 Å². The van der Waals surface area contributed by atoms with E-state index >= 15 is 0 Å². The molecule has 3 N–H and O–H groups in total. The summed E-state index contributed by atoms with van der Waals surface area (Å²) in [5.74, 6) is 1.000. The average molecular weight is 348 g/mol. The van der Waals surface area contributed by atoms with Gasteiger partial charge in [-0.15, -0.1) is 0 Å². The van der Waals surface area contributed by atoms with Crippen molar-refractivity contribution in [3.8, 4) is 0 Å². The number of carboxylic acid groups (broad SMARTS) is 1. The Bertz CT molecular complexity index is 906. The van der Waals surface area contributed by atoms with Crippen LogP contribution in [0.4, 0.5) is 23.0 Å². The summed E-state index contributed by atoms with van der Waals surface area (Å²) in [7, 11) is 0. The number of aromatic nitrogens is 2. The van der Waals surface area contributed by atoms with Gasteiger partial charge in [-0.3, -0.25) is 0 Å². The van der Waals surface area contributed by atoms with Gasteiger partial charge >= 0.3 is 5.97 Å². The van der Waals surface area contributed by atoms with Crippen molar-refractivity contribution in [1.29, 1.82) is 0 Å². The van der Waals surface area contributed by atoms with Gasteiger partial charge in [-0.25, -0.2) is 14.8 Å². The van der Waals surface area contributed by atoms with Crippen molar-refractivity contribution in [3.05, 3.63) is 71.5 Å². The van der Waals surface area contributed by atoms with Crippen LogP contribution in [0.1, 0.15) is 28.7 Å². The summed E-state index contributed by atoms with van der Waals surface area (Å²) >= 11 is 0. The van der Waals surface area contributed by atoms with Gasteiger partial charge in [0.2, 0.25) is 0 Å². The number of aryl methyl sites for hydroxylation is 2. The van der Waals surface area contributed by atoms with Gasteiger partial charge in [-0.2, -0.15) is 0 Å². The lowest BCUT2D eigenvalue weighted by atomic mass is 10.1. The molecule has 1 aromatic heterocycles. The maximum Gasteiger partial charge on any atom is 0.335 e. The average Bonchev–Trinajstić information content (AvgIpc) is 2.62. The summed E-state index contributed by atoms with van der Waals surface area (Å²) < 4.78 is 0. The maximum absolute atomic E-state index is 10.9. The molecule has 0 amide bonds. The summed E-state index contributed by atoms with van der Waals surface area (Å²) in [6.45, 7) is 3.95. The lowest BCUT2D eigenvalue weighted by molar-refractivity contribution is 0.0697. The minimum Gasteiger partial charge on any atom is -0.478 e. The number of carbonyl (C=O) groups is 1. The fourth-order valence-corrected chi connectivity index (χ4v) is 2.51. The minimum atomic E-state index is -0.949. The van der Waals surface area contributed by atoms with E-state index in [1.807, 2.05) is 25.1 Å². The van der Waals surface area contributed by atoms with Crippen LogP contribution in [0.3, 0.4) is 0 Å². The fourth-order valence-electron chi connectivity index (χ4n) is 2.51. The van der Waals surface area contributed by atoms with Crippen molar-refractivity contribution in [1.82, 2.24) is 9.97 Å². The lowest BCUT2D eigenvalue weighted by Crippen LogP contribution is -2.02. The van der Waals surface area contributed by atoms with E-state index in [4.69, 9.17) is 5.11 Å². The number of rotatable bonds is 6. The first kappa shape index (κ1) is 17.4. The summed E-state index contributed by atoms with van der Waals surface area (Å²) in [4.78, 5) is 19.7. The molecule has 6 heteroatoms. The van der Waals surface area contributed by atoms with Crippen LogP contribution >= 0.6 is 0 Å². The molecule has 3 rings (SSSR count). The molecule has 0 aliphatic rings. The molecule has 0 fully saturated rings. The second-order valence-corrected chi connectivity index (χ2v) is 5.87. The quantitative estimate of drug-likeness (QED) is 0.606. The third kappa shape index (κ3) is 4.36. The van der Waals surface area contributed by atoms with Crippen molar-refractivity contribution < 1.29 is 9.90 Å². The first-order valence-corrected chi connectivity index (χ1v) is 8.35.